The van der Waals surface area contributed by atoms with Crippen molar-refractivity contribution in [1.82, 2.24) is 4.90 Å². The van der Waals surface area contributed by atoms with Crippen molar-refractivity contribution in [3.8, 4) is 0 Å². The molecule has 2 aromatic rings. The van der Waals surface area contributed by atoms with Crippen LogP contribution in [0.15, 0.2) is 53.5 Å². The fourth-order valence-electron chi connectivity index (χ4n) is 2.88. The molecule has 27 heavy (non-hydrogen) atoms. The molecule has 3 rings (SSSR count). The molecule has 0 fully saturated rings. The number of ether oxygens (including phenoxy) is 1. The summed E-state index contributed by atoms with van der Waals surface area (Å²) in [5.41, 5.74) is 1.58. The number of para-hydroxylation sites is 1. The summed E-state index contributed by atoms with van der Waals surface area (Å²) in [5, 5.41) is 5.06. The molecule has 1 aliphatic heterocycles. The number of nitrogens with zero attached hydrogens (tertiary/aromatic N) is 1. The second kappa shape index (κ2) is 9.48. The molecule has 2 amide bonds. The molecule has 5 nitrogen and oxygen atoms in total. The molecule has 0 spiro atoms. The van der Waals surface area contributed by atoms with Crippen molar-refractivity contribution in [2.75, 3.05) is 25.1 Å². The summed E-state index contributed by atoms with van der Waals surface area (Å²) in [5.74, 6) is -0.518. The van der Waals surface area contributed by atoms with E-state index >= 15 is 0 Å². The highest BCUT2D eigenvalue weighted by Crippen LogP contribution is 2.32. The van der Waals surface area contributed by atoms with Crippen LogP contribution in [0.1, 0.15) is 31.1 Å². The van der Waals surface area contributed by atoms with Gasteiger partial charge in [0.15, 0.2) is 0 Å². The summed E-state index contributed by atoms with van der Waals surface area (Å²) in [6.07, 6.45) is 2.75. The van der Waals surface area contributed by atoms with Crippen LogP contribution in [-0.2, 0) is 14.3 Å². The Kier molecular flexibility index (Phi) is 6.79. The maximum atomic E-state index is 13.0. The van der Waals surface area contributed by atoms with Crippen LogP contribution in [0.2, 0.25) is 0 Å². The van der Waals surface area contributed by atoms with Gasteiger partial charge in [-0.15, -0.1) is 11.3 Å². The molecule has 0 aliphatic carbocycles. The number of rotatable bonds is 10. The molecule has 2 heterocycles. The summed E-state index contributed by atoms with van der Waals surface area (Å²) in [4.78, 5) is 28.0. The van der Waals surface area contributed by atoms with E-state index in [0.717, 1.165) is 30.0 Å². The van der Waals surface area contributed by atoms with Crippen molar-refractivity contribution < 1.29 is 14.3 Å². The van der Waals surface area contributed by atoms with Crippen LogP contribution in [0, 0.1) is 0 Å². The first-order valence-electron chi connectivity index (χ1n) is 9.26. The predicted octanol–water partition coefficient (Wildman–Crippen LogP) is 4.15. The van der Waals surface area contributed by atoms with Gasteiger partial charge in [-0.2, -0.15) is 0 Å². The summed E-state index contributed by atoms with van der Waals surface area (Å²) in [6, 6.07) is 13.2. The minimum atomic E-state index is -0.277. The number of amides is 2. The van der Waals surface area contributed by atoms with E-state index in [1.807, 2.05) is 47.8 Å². The maximum absolute atomic E-state index is 13.0. The third-order valence-corrected chi connectivity index (χ3v) is 5.18. The van der Waals surface area contributed by atoms with Gasteiger partial charge in [-0.3, -0.25) is 14.5 Å². The van der Waals surface area contributed by atoms with Gasteiger partial charge in [0.25, 0.3) is 11.8 Å². The van der Waals surface area contributed by atoms with Crippen molar-refractivity contribution in [3.63, 3.8) is 0 Å². The molecule has 0 saturated heterocycles. The third kappa shape index (κ3) is 4.64. The highest BCUT2D eigenvalue weighted by Gasteiger charge is 2.39. The monoisotopic (exact) mass is 384 g/mol. The van der Waals surface area contributed by atoms with E-state index in [1.54, 1.807) is 0 Å². The zero-order valence-electron chi connectivity index (χ0n) is 15.4. The Hall–Kier alpha value is -2.44. The SMILES string of the molecule is CCCCOCCCN1C(=O)C(Nc2ccccc2)=C(c2cccs2)C1=O. The largest absolute Gasteiger partial charge is 0.381 e. The van der Waals surface area contributed by atoms with Crippen LogP contribution in [0.3, 0.4) is 0 Å². The van der Waals surface area contributed by atoms with E-state index in [2.05, 4.69) is 12.2 Å². The Bertz CT molecular complexity index is 800. The van der Waals surface area contributed by atoms with Gasteiger partial charge < -0.3 is 10.1 Å². The molecule has 0 bridgehead atoms. The molecule has 1 N–H and O–H groups in total. The number of hydrogen-bond acceptors (Lipinski definition) is 5. The first-order chi connectivity index (χ1) is 13.2. The fraction of sp³-hybridized carbons (Fsp3) is 0.333. The molecule has 0 atom stereocenters. The number of carbonyl (C=O) groups excluding carboxylic acids is 2. The first-order valence-corrected chi connectivity index (χ1v) is 10.1. The fourth-order valence-corrected chi connectivity index (χ4v) is 3.65. The lowest BCUT2D eigenvalue weighted by atomic mass is 10.2. The van der Waals surface area contributed by atoms with E-state index in [0.29, 0.717) is 30.8 Å². The second-order valence-corrected chi connectivity index (χ2v) is 7.25. The van der Waals surface area contributed by atoms with Gasteiger partial charge in [0.2, 0.25) is 0 Å². The topological polar surface area (TPSA) is 58.6 Å². The third-order valence-electron chi connectivity index (χ3n) is 4.29. The Morgan fingerprint density at radius 1 is 1.00 bits per heavy atom. The lowest BCUT2D eigenvalue weighted by Gasteiger charge is -2.15. The van der Waals surface area contributed by atoms with E-state index in [4.69, 9.17) is 4.74 Å². The number of hydrogen-bond donors (Lipinski definition) is 1. The van der Waals surface area contributed by atoms with E-state index < -0.39 is 0 Å². The van der Waals surface area contributed by atoms with Crippen molar-refractivity contribution in [3.05, 3.63) is 58.4 Å². The smallest absolute Gasteiger partial charge is 0.278 e. The number of thiophene rings is 1. The van der Waals surface area contributed by atoms with Crippen LogP contribution in [0.5, 0.6) is 0 Å². The number of unbranched alkanes of at least 4 members (excludes halogenated alkanes) is 1. The number of imide groups is 1. The molecule has 6 heteroatoms. The zero-order valence-corrected chi connectivity index (χ0v) is 16.3. The molecule has 142 valence electrons. The zero-order chi connectivity index (χ0) is 19.1. The normalized spacial score (nSPS) is 14.3. The molecular weight excluding hydrogens is 360 g/mol. The molecule has 1 aromatic carbocycles. The highest BCUT2D eigenvalue weighted by molar-refractivity contribution is 7.11. The van der Waals surface area contributed by atoms with Crippen molar-refractivity contribution in [2.24, 2.45) is 0 Å². The van der Waals surface area contributed by atoms with Crippen molar-refractivity contribution in [1.29, 1.82) is 0 Å². The summed E-state index contributed by atoms with van der Waals surface area (Å²) in [6.45, 7) is 3.74. The van der Waals surface area contributed by atoms with E-state index in [9.17, 15) is 9.59 Å². The highest BCUT2D eigenvalue weighted by atomic mass is 32.1. The van der Waals surface area contributed by atoms with Gasteiger partial charge in [0, 0.05) is 30.3 Å². The van der Waals surface area contributed by atoms with Crippen molar-refractivity contribution >= 4 is 34.4 Å². The lowest BCUT2D eigenvalue weighted by Crippen LogP contribution is -2.34. The van der Waals surface area contributed by atoms with Crippen LogP contribution in [0.4, 0.5) is 5.69 Å². The number of anilines is 1. The minimum Gasteiger partial charge on any atom is -0.381 e. The molecule has 1 aromatic heterocycles. The number of nitrogens with one attached hydrogen (secondary N) is 1. The van der Waals surface area contributed by atoms with Crippen LogP contribution in [0.25, 0.3) is 5.57 Å². The second-order valence-electron chi connectivity index (χ2n) is 6.30. The van der Waals surface area contributed by atoms with Gasteiger partial charge in [0.05, 0.1) is 5.57 Å². The Morgan fingerprint density at radius 3 is 2.48 bits per heavy atom. The summed E-state index contributed by atoms with van der Waals surface area (Å²) < 4.78 is 5.55. The van der Waals surface area contributed by atoms with Crippen LogP contribution in [-0.4, -0.2) is 36.5 Å². The maximum Gasteiger partial charge on any atom is 0.278 e. The molecular formula is C21H24N2O3S. The molecule has 0 saturated carbocycles. The number of carbonyl (C=O) groups is 2. The van der Waals surface area contributed by atoms with Crippen LogP contribution >= 0.6 is 11.3 Å². The van der Waals surface area contributed by atoms with E-state index in [-0.39, 0.29) is 11.8 Å². The van der Waals surface area contributed by atoms with Crippen LogP contribution < -0.4 is 5.32 Å². The Labute approximate surface area is 163 Å². The Balaban J connectivity index is 1.73. The summed E-state index contributed by atoms with van der Waals surface area (Å²) >= 11 is 1.46. The average Bonchev–Trinajstić information content (AvgIpc) is 3.28. The van der Waals surface area contributed by atoms with Gasteiger partial charge in [0.1, 0.15) is 5.70 Å². The van der Waals surface area contributed by atoms with Gasteiger partial charge in [-0.25, -0.2) is 0 Å². The number of benzene rings is 1. The Morgan fingerprint density at radius 2 is 1.78 bits per heavy atom. The van der Waals surface area contributed by atoms with Gasteiger partial charge in [-0.1, -0.05) is 37.6 Å². The molecule has 1 aliphatic rings. The van der Waals surface area contributed by atoms with Gasteiger partial charge in [-0.05, 0) is 36.4 Å². The first kappa shape index (κ1) is 19.3. The standard InChI is InChI=1S/C21H24N2O3S/c1-2-3-13-26-14-8-12-23-20(24)18(17-11-7-15-27-17)19(21(23)25)22-16-9-5-4-6-10-16/h4-7,9-11,15,22H,2-3,8,12-14H2,1H3. The lowest BCUT2D eigenvalue weighted by molar-refractivity contribution is -0.137. The average molecular weight is 385 g/mol. The van der Waals surface area contributed by atoms with Crippen molar-refractivity contribution in [2.45, 2.75) is 26.2 Å². The predicted molar refractivity (Wildman–Crippen MR) is 108 cm³/mol. The van der Waals surface area contributed by atoms with Gasteiger partial charge >= 0.3 is 0 Å². The van der Waals surface area contributed by atoms with E-state index in [1.165, 1.54) is 16.2 Å². The molecule has 0 unspecified atom stereocenters. The summed E-state index contributed by atoms with van der Waals surface area (Å²) in [7, 11) is 0. The molecule has 0 radical (unpaired) electrons. The quantitative estimate of drug-likeness (QED) is 0.494. The minimum absolute atomic E-state index is 0.241.